The molecule has 1 saturated heterocycles. The van der Waals surface area contributed by atoms with Crippen LogP contribution in [0.4, 0.5) is 5.69 Å². The van der Waals surface area contributed by atoms with Crippen molar-refractivity contribution in [2.24, 2.45) is 10.1 Å². The molecule has 0 unspecified atom stereocenters. The minimum atomic E-state index is 0.507. The molecule has 1 aromatic heterocycles. The van der Waals surface area contributed by atoms with Gasteiger partial charge in [-0.1, -0.05) is 41.4 Å². The predicted molar refractivity (Wildman–Crippen MR) is 131 cm³/mol. The van der Waals surface area contributed by atoms with Crippen LogP contribution in [-0.2, 0) is 4.74 Å². The van der Waals surface area contributed by atoms with Crippen molar-refractivity contribution in [3.05, 3.63) is 80.9 Å². The van der Waals surface area contributed by atoms with E-state index in [9.17, 15) is 0 Å². The second-order valence-electron chi connectivity index (χ2n) is 6.90. The van der Waals surface area contributed by atoms with E-state index in [1.165, 1.54) is 17.0 Å². The van der Waals surface area contributed by atoms with Gasteiger partial charge in [-0.05, 0) is 35.9 Å². The molecule has 0 atom stereocenters. The van der Waals surface area contributed by atoms with Crippen LogP contribution in [0.25, 0.3) is 11.3 Å². The van der Waals surface area contributed by atoms with Gasteiger partial charge in [0.05, 0.1) is 36.7 Å². The van der Waals surface area contributed by atoms with E-state index in [1.807, 2.05) is 17.7 Å². The maximum Gasteiger partial charge on any atom is 0.206 e. The third kappa shape index (κ3) is 5.28. The fourth-order valence-electron chi connectivity index (χ4n) is 3.26. The number of hydrogen-bond acceptors (Lipinski definition) is 5. The third-order valence-corrected chi connectivity index (χ3v) is 6.26. The summed E-state index contributed by atoms with van der Waals surface area (Å²) < 4.78 is 7.22. The third-order valence-electron chi connectivity index (χ3n) is 4.84. The number of morpholine rings is 1. The molecule has 2 heterocycles. The summed E-state index contributed by atoms with van der Waals surface area (Å²) in [6.07, 6.45) is 3.58. The number of hydrogen-bond donors (Lipinski definition) is 0. The second-order valence-corrected chi connectivity index (χ2v) is 8.58. The fourth-order valence-corrected chi connectivity index (χ4v) is 4.48. The Morgan fingerprint density at radius 3 is 2.61 bits per heavy atom. The van der Waals surface area contributed by atoms with E-state index in [2.05, 4.69) is 40.7 Å². The van der Waals surface area contributed by atoms with E-state index in [-0.39, 0.29) is 0 Å². The van der Waals surface area contributed by atoms with Crippen LogP contribution in [0.1, 0.15) is 5.56 Å². The van der Waals surface area contributed by atoms with Crippen LogP contribution in [0.15, 0.2) is 70.6 Å². The molecule has 4 rings (SSSR count). The first-order valence-electron chi connectivity index (χ1n) is 9.90. The van der Waals surface area contributed by atoms with Crippen molar-refractivity contribution in [3.8, 4) is 11.3 Å². The van der Waals surface area contributed by atoms with E-state index in [4.69, 9.17) is 33.0 Å². The van der Waals surface area contributed by atoms with Gasteiger partial charge in [0.2, 0.25) is 4.80 Å². The van der Waals surface area contributed by atoms with Gasteiger partial charge in [0.25, 0.3) is 0 Å². The van der Waals surface area contributed by atoms with Gasteiger partial charge in [0, 0.05) is 34.7 Å². The molecule has 3 aromatic rings. The number of benzene rings is 2. The summed E-state index contributed by atoms with van der Waals surface area (Å²) >= 11 is 14.2. The summed E-state index contributed by atoms with van der Waals surface area (Å²) in [4.78, 5) is 7.65. The molecule has 31 heavy (non-hydrogen) atoms. The Hall–Kier alpha value is -2.38. The number of thiazole rings is 1. The summed E-state index contributed by atoms with van der Waals surface area (Å²) in [5.41, 5.74) is 3.83. The van der Waals surface area contributed by atoms with E-state index in [1.54, 1.807) is 22.9 Å². The van der Waals surface area contributed by atoms with E-state index < -0.39 is 0 Å². The van der Waals surface area contributed by atoms with Gasteiger partial charge in [-0.2, -0.15) is 5.10 Å². The SMILES string of the molecule is C=CCN=c1scc(-c2cc(Cl)ccc2Cl)n1N=Cc1ccc(N2CCOCC2)cc1. The highest BCUT2D eigenvalue weighted by Crippen LogP contribution is 2.31. The second kappa shape index (κ2) is 10.3. The molecule has 0 spiro atoms. The van der Waals surface area contributed by atoms with Crippen molar-refractivity contribution < 1.29 is 4.74 Å². The number of anilines is 1. The Morgan fingerprint density at radius 1 is 1.10 bits per heavy atom. The maximum absolute atomic E-state index is 6.45. The lowest BCUT2D eigenvalue weighted by atomic mass is 10.2. The predicted octanol–water partition coefficient (Wildman–Crippen LogP) is 5.33. The highest BCUT2D eigenvalue weighted by molar-refractivity contribution is 7.07. The van der Waals surface area contributed by atoms with Crippen molar-refractivity contribution in [1.29, 1.82) is 0 Å². The molecule has 0 N–H and O–H groups in total. The summed E-state index contributed by atoms with van der Waals surface area (Å²) in [5, 5.41) is 7.92. The van der Waals surface area contributed by atoms with Crippen LogP contribution in [0.5, 0.6) is 0 Å². The van der Waals surface area contributed by atoms with E-state index in [0.29, 0.717) is 16.6 Å². The first-order valence-corrected chi connectivity index (χ1v) is 11.5. The van der Waals surface area contributed by atoms with Gasteiger partial charge in [-0.15, -0.1) is 17.9 Å². The average Bonchev–Trinajstić information content (AvgIpc) is 3.21. The molecule has 0 bridgehead atoms. The zero-order valence-corrected chi connectivity index (χ0v) is 19.2. The lowest BCUT2D eigenvalue weighted by Crippen LogP contribution is -2.36. The van der Waals surface area contributed by atoms with Crippen LogP contribution in [0.2, 0.25) is 10.0 Å². The fraction of sp³-hybridized carbons (Fsp3) is 0.217. The van der Waals surface area contributed by atoms with Crippen molar-refractivity contribution >= 4 is 46.4 Å². The summed E-state index contributed by atoms with van der Waals surface area (Å²) in [5.74, 6) is 0. The summed E-state index contributed by atoms with van der Waals surface area (Å²) in [6, 6.07) is 13.8. The average molecular weight is 473 g/mol. The van der Waals surface area contributed by atoms with Gasteiger partial charge >= 0.3 is 0 Å². The van der Waals surface area contributed by atoms with Crippen molar-refractivity contribution in [2.75, 3.05) is 37.7 Å². The monoisotopic (exact) mass is 472 g/mol. The smallest absolute Gasteiger partial charge is 0.206 e. The lowest BCUT2D eigenvalue weighted by molar-refractivity contribution is 0.122. The quantitative estimate of drug-likeness (QED) is 0.359. The largest absolute Gasteiger partial charge is 0.378 e. The molecule has 0 radical (unpaired) electrons. The first kappa shape index (κ1) is 21.8. The van der Waals surface area contributed by atoms with Gasteiger partial charge in [0.1, 0.15) is 0 Å². The molecule has 160 valence electrons. The molecule has 8 heteroatoms. The lowest BCUT2D eigenvalue weighted by Gasteiger charge is -2.28. The Morgan fingerprint density at radius 2 is 1.87 bits per heavy atom. The highest BCUT2D eigenvalue weighted by Gasteiger charge is 2.12. The van der Waals surface area contributed by atoms with Crippen LogP contribution in [0, 0.1) is 0 Å². The Balaban J connectivity index is 1.66. The molecule has 5 nitrogen and oxygen atoms in total. The Bertz CT molecular complexity index is 1150. The van der Waals surface area contributed by atoms with E-state index >= 15 is 0 Å². The molecular weight excluding hydrogens is 451 g/mol. The first-order chi connectivity index (χ1) is 15.2. The molecule has 1 aliphatic rings. The van der Waals surface area contributed by atoms with Crippen LogP contribution in [0.3, 0.4) is 0 Å². The maximum atomic E-state index is 6.45. The number of nitrogens with zero attached hydrogens (tertiary/aromatic N) is 4. The molecule has 2 aromatic carbocycles. The number of aromatic nitrogens is 1. The number of rotatable bonds is 6. The van der Waals surface area contributed by atoms with E-state index in [0.717, 1.165) is 47.9 Å². The Labute approximate surface area is 195 Å². The van der Waals surface area contributed by atoms with Crippen LogP contribution in [-0.4, -0.2) is 43.7 Å². The highest BCUT2D eigenvalue weighted by atomic mass is 35.5. The van der Waals surface area contributed by atoms with Crippen LogP contribution < -0.4 is 9.70 Å². The molecular formula is C23H22Cl2N4OS. The van der Waals surface area contributed by atoms with Crippen molar-refractivity contribution in [3.63, 3.8) is 0 Å². The van der Waals surface area contributed by atoms with Crippen molar-refractivity contribution in [2.45, 2.75) is 0 Å². The van der Waals surface area contributed by atoms with Gasteiger partial charge < -0.3 is 9.64 Å². The normalized spacial score (nSPS) is 15.0. The zero-order valence-electron chi connectivity index (χ0n) is 16.9. The minimum Gasteiger partial charge on any atom is -0.378 e. The molecule has 1 aliphatic heterocycles. The van der Waals surface area contributed by atoms with Gasteiger partial charge in [-0.3, -0.25) is 4.99 Å². The van der Waals surface area contributed by atoms with Gasteiger partial charge in [-0.25, -0.2) is 4.68 Å². The number of ether oxygens (including phenoxy) is 1. The summed E-state index contributed by atoms with van der Waals surface area (Å²) in [6.45, 7) is 7.62. The van der Waals surface area contributed by atoms with Crippen LogP contribution >= 0.6 is 34.5 Å². The Kier molecular flexibility index (Phi) is 7.25. The summed E-state index contributed by atoms with van der Waals surface area (Å²) in [7, 11) is 0. The molecule has 0 amide bonds. The molecule has 0 saturated carbocycles. The number of halogens is 2. The van der Waals surface area contributed by atoms with Gasteiger partial charge in [0.15, 0.2) is 0 Å². The zero-order chi connectivity index (χ0) is 21.6. The molecule has 0 aliphatic carbocycles. The topological polar surface area (TPSA) is 42.1 Å². The standard InChI is InChI=1S/C23H22Cl2N4OS/c1-2-9-26-23-29(22(16-31-23)20-14-18(24)5-8-21(20)25)27-15-17-3-6-19(7-4-17)28-10-12-30-13-11-28/h2-8,14-16H,1,9-13H2. The molecule has 1 fully saturated rings. The minimum absolute atomic E-state index is 0.507. The van der Waals surface area contributed by atoms with Crippen molar-refractivity contribution in [1.82, 2.24) is 4.68 Å².